The van der Waals surface area contributed by atoms with Crippen molar-refractivity contribution in [3.05, 3.63) is 47.8 Å². The van der Waals surface area contributed by atoms with Crippen molar-refractivity contribution in [2.75, 3.05) is 32.8 Å². The maximum Gasteiger partial charge on any atom is 0.270 e. The fraction of sp³-hybridized carbons (Fsp3) is 0.500. The fourth-order valence-electron chi connectivity index (χ4n) is 3.66. The molecule has 0 radical (unpaired) electrons. The lowest BCUT2D eigenvalue weighted by Crippen LogP contribution is -2.48. The van der Waals surface area contributed by atoms with E-state index in [0.29, 0.717) is 25.4 Å². The summed E-state index contributed by atoms with van der Waals surface area (Å²) in [5.41, 5.74) is 1.59. The molecule has 0 aliphatic carbocycles. The quantitative estimate of drug-likeness (QED) is 0.668. The minimum absolute atomic E-state index is 0.112. The molecule has 0 bridgehead atoms. The summed E-state index contributed by atoms with van der Waals surface area (Å²) in [6.07, 6.45) is 1.49. The van der Waals surface area contributed by atoms with E-state index in [-0.39, 0.29) is 16.8 Å². The van der Waals surface area contributed by atoms with Crippen LogP contribution in [-0.4, -0.2) is 67.5 Å². The number of nitrogens with zero attached hydrogens (tertiary/aromatic N) is 3. The molecule has 2 heterocycles. The number of hydrogen-bond donors (Lipinski definition) is 1. The molecule has 0 saturated carbocycles. The monoisotopic (exact) mass is 448 g/mol. The van der Waals surface area contributed by atoms with Crippen molar-refractivity contribution < 1.29 is 17.9 Å². The first-order valence-electron chi connectivity index (χ1n) is 10.6. The molecule has 1 aromatic heterocycles. The van der Waals surface area contributed by atoms with Gasteiger partial charge < -0.3 is 14.2 Å². The summed E-state index contributed by atoms with van der Waals surface area (Å²) in [4.78, 5) is 17.2. The van der Waals surface area contributed by atoms with Crippen LogP contribution in [0.15, 0.2) is 41.4 Å². The highest BCUT2D eigenvalue weighted by Crippen LogP contribution is 2.18. The Morgan fingerprint density at radius 1 is 1.13 bits per heavy atom. The molecule has 170 valence electrons. The molecule has 0 spiro atoms. The Kier molecular flexibility index (Phi) is 7.40. The van der Waals surface area contributed by atoms with Gasteiger partial charge in [-0.25, -0.2) is 13.1 Å². The van der Waals surface area contributed by atoms with Gasteiger partial charge in [0.2, 0.25) is 10.0 Å². The molecular weight excluding hydrogens is 416 g/mol. The summed E-state index contributed by atoms with van der Waals surface area (Å²) in [6.45, 7) is 9.71. The molecule has 31 heavy (non-hydrogen) atoms. The smallest absolute Gasteiger partial charge is 0.270 e. The van der Waals surface area contributed by atoms with Crippen molar-refractivity contribution in [2.24, 2.45) is 7.05 Å². The molecule has 1 aromatic carbocycles. The molecule has 1 aliphatic heterocycles. The second kappa shape index (κ2) is 9.84. The highest BCUT2D eigenvalue weighted by atomic mass is 32.2. The summed E-state index contributed by atoms with van der Waals surface area (Å²) in [5.74, 6) is 0.725. The van der Waals surface area contributed by atoms with Crippen LogP contribution in [0, 0.1) is 0 Å². The molecule has 3 rings (SSSR count). The standard InChI is InChI=1S/C22H32N4O4S/c1-5-30-19-8-6-18(7-9-19)15-25-10-12-26(13-11-25)22(27)21-14-20(16-24(21)4)31(28,29)23-17(2)3/h6-9,14,16-17,23H,5,10-13,15H2,1-4H3. The average Bonchev–Trinajstić information content (AvgIpc) is 3.11. The van der Waals surface area contributed by atoms with Crippen LogP contribution in [0.2, 0.25) is 0 Å². The number of aryl methyl sites for hydroxylation is 1. The van der Waals surface area contributed by atoms with Crippen molar-refractivity contribution >= 4 is 15.9 Å². The lowest BCUT2D eigenvalue weighted by atomic mass is 10.2. The first-order chi connectivity index (χ1) is 14.7. The maximum atomic E-state index is 13.0. The predicted molar refractivity (Wildman–Crippen MR) is 120 cm³/mol. The Bertz CT molecular complexity index is 991. The van der Waals surface area contributed by atoms with Gasteiger partial charge in [0, 0.05) is 52.0 Å². The van der Waals surface area contributed by atoms with E-state index in [1.807, 2.05) is 19.1 Å². The fourth-order valence-corrected chi connectivity index (χ4v) is 4.98. The van der Waals surface area contributed by atoms with E-state index in [2.05, 4.69) is 21.8 Å². The molecule has 1 aliphatic rings. The highest BCUT2D eigenvalue weighted by molar-refractivity contribution is 7.89. The zero-order valence-electron chi connectivity index (χ0n) is 18.7. The maximum absolute atomic E-state index is 13.0. The van der Waals surface area contributed by atoms with Crippen LogP contribution < -0.4 is 9.46 Å². The van der Waals surface area contributed by atoms with Gasteiger partial charge in [0.25, 0.3) is 5.91 Å². The first kappa shape index (κ1) is 23.3. The van der Waals surface area contributed by atoms with Crippen molar-refractivity contribution in [3.63, 3.8) is 0 Å². The number of sulfonamides is 1. The minimum atomic E-state index is -3.63. The van der Waals surface area contributed by atoms with Crippen molar-refractivity contribution in [1.82, 2.24) is 19.1 Å². The van der Waals surface area contributed by atoms with Gasteiger partial charge in [-0.2, -0.15) is 0 Å². The average molecular weight is 449 g/mol. The number of piperazine rings is 1. The van der Waals surface area contributed by atoms with Crippen molar-refractivity contribution in [2.45, 2.75) is 38.3 Å². The molecule has 0 unspecified atom stereocenters. The zero-order chi connectivity index (χ0) is 22.6. The van der Waals surface area contributed by atoms with Crippen LogP contribution in [0.1, 0.15) is 36.8 Å². The lowest BCUT2D eigenvalue weighted by Gasteiger charge is -2.34. The Morgan fingerprint density at radius 3 is 2.35 bits per heavy atom. The van der Waals surface area contributed by atoms with Gasteiger partial charge in [-0.3, -0.25) is 9.69 Å². The normalized spacial score (nSPS) is 15.5. The molecule has 1 amide bonds. The summed E-state index contributed by atoms with van der Waals surface area (Å²) in [7, 11) is -1.94. The molecule has 0 atom stereocenters. The van der Waals surface area contributed by atoms with E-state index >= 15 is 0 Å². The molecule has 1 N–H and O–H groups in total. The number of rotatable bonds is 8. The second-order valence-electron chi connectivity index (χ2n) is 8.09. The lowest BCUT2D eigenvalue weighted by molar-refractivity contribution is 0.0619. The SMILES string of the molecule is CCOc1ccc(CN2CCN(C(=O)c3cc(S(=O)(=O)NC(C)C)cn3C)CC2)cc1. The van der Waals surface area contributed by atoms with Gasteiger partial charge >= 0.3 is 0 Å². The number of ether oxygens (including phenoxy) is 1. The van der Waals surface area contributed by atoms with Crippen LogP contribution in [0.3, 0.4) is 0 Å². The second-order valence-corrected chi connectivity index (χ2v) is 9.81. The number of carbonyl (C=O) groups is 1. The topological polar surface area (TPSA) is 83.9 Å². The predicted octanol–water partition coefficient (Wildman–Crippen LogP) is 2.07. The van der Waals surface area contributed by atoms with E-state index < -0.39 is 10.0 Å². The van der Waals surface area contributed by atoms with Crippen molar-refractivity contribution in [3.8, 4) is 5.75 Å². The van der Waals surface area contributed by atoms with Gasteiger partial charge in [-0.05, 0) is 44.5 Å². The van der Waals surface area contributed by atoms with Gasteiger partial charge in [-0.15, -0.1) is 0 Å². The zero-order valence-corrected chi connectivity index (χ0v) is 19.5. The van der Waals surface area contributed by atoms with Crippen molar-refractivity contribution in [1.29, 1.82) is 0 Å². The Hall–Kier alpha value is -2.36. The Morgan fingerprint density at radius 2 is 1.77 bits per heavy atom. The number of hydrogen-bond acceptors (Lipinski definition) is 5. The summed E-state index contributed by atoms with van der Waals surface area (Å²) in [6, 6.07) is 9.34. The largest absolute Gasteiger partial charge is 0.494 e. The molecule has 2 aromatic rings. The Balaban J connectivity index is 1.59. The van der Waals surface area contributed by atoms with Crippen LogP contribution in [0.4, 0.5) is 0 Å². The third-order valence-corrected chi connectivity index (χ3v) is 6.83. The van der Waals surface area contributed by atoms with E-state index in [9.17, 15) is 13.2 Å². The number of carbonyl (C=O) groups excluding carboxylic acids is 1. The minimum Gasteiger partial charge on any atom is -0.494 e. The number of amides is 1. The van der Waals surface area contributed by atoms with Gasteiger partial charge in [0.1, 0.15) is 16.3 Å². The van der Waals surface area contributed by atoms with E-state index in [4.69, 9.17) is 4.74 Å². The van der Waals surface area contributed by atoms with E-state index in [0.717, 1.165) is 25.4 Å². The van der Waals surface area contributed by atoms with Crippen LogP contribution in [0.5, 0.6) is 5.75 Å². The van der Waals surface area contributed by atoms with E-state index in [1.165, 1.54) is 17.8 Å². The number of benzene rings is 1. The van der Waals surface area contributed by atoms with Gasteiger partial charge in [0.05, 0.1) is 6.61 Å². The number of aromatic nitrogens is 1. The molecule has 8 nitrogen and oxygen atoms in total. The molecule has 9 heteroatoms. The molecular formula is C22H32N4O4S. The van der Waals surface area contributed by atoms with E-state index in [1.54, 1.807) is 30.4 Å². The molecule has 1 fully saturated rings. The van der Waals surface area contributed by atoms with Gasteiger partial charge in [-0.1, -0.05) is 12.1 Å². The van der Waals surface area contributed by atoms with Crippen LogP contribution in [-0.2, 0) is 23.6 Å². The summed E-state index contributed by atoms with van der Waals surface area (Å²) < 4.78 is 34.5. The van der Waals surface area contributed by atoms with Crippen LogP contribution in [0.25, 0.3) is 0 Å². The third kappa shape index (κ3) is 5.87. The number of nitrogens with one attached hydrogen (secondary N) is 1. The first-order valence-corrected chi connectivity index (χ1v) is 12.1. The highest BCUT2D eigenvalue weighted by Gasteiger charge is 2.26. The van der Waals surface area contributed by atoms with Crippen LogP contribution >= 0.6 is 0 Å². The third-order valence-electron chi connectivity index (χ3n) is 5.20. The summed E-state index contributed by atoms with van der Waals surface area (Å²) >= 11 is 0. The summed E-state index contributed by atoms with van der Waals surface area (Å²) in [5, 5.41) is 0. The van der Waals surface area contributed by atoms with Gasteiger partial charge in [0.15, 0.2) is 0 Å². The Labute approximate surface area is 184 Å². The molecule has 1 saturated heterocycles.